The van der Waals surface area contributed by atoms with Gasteiger partial charge in [-0.1, -0.05) is 11.5 Å². The fraction of sp³-hybridized carbons (Fsp3) is 0. The number of pyridine rings is 2. The second-order valence-electron chi connectivity index (χ2n) is 4.91. The van der Waals surface area contributed by atoms with Gasteiger partial charge in [0, 0.05) is 34.9 Å². The van der Waals surface area contributed by atoms with E-state index in [9.17, 15) is 0 Å². The van der Waals surface area contributed by atoms with Crippen molar-refractivity contribution in [3.63, 3.8) is 0 Å². The number of furan rings is 1. The van der Waals surface area contributed by atoms with Crippen LogP contribution in [0.3, 0.4) is 0 Å². The molecule has 0 atom stereocenters. The number of aromatic nitrogens is 2. The molecule has 0 saturated heterocycles. The van der Waals surface area contributed by atoms with Crippen molar-refractivity contribution in [1.29, 1.82) is 0 Å². The molecule has 0 bridgehead atoms. The van der Waals surface area contributed by atoms with Crippen LogP contribution in [0.5, 0.6) is 0 Å². The maximum absolute atomic E-state index is 5.80. The fourth-order valence-electron chi connectivity index (χ4n) is 2.42. The quantitative estimate of drug-likeness (QED) is 0.492. The van der Waals surface area contributed by atoms with E-state index in [0.717, 1.165) is 38.7 Å². The Balaban J connectivity index is 1.97. The van der Waals surface area contributed by atoms with Crippen LogP contribution in [0.25, 0.3) is 33.2 Å². The summed E-state index contributed by atoms with van der Waals surface area (Å²) in [4.78, 5) is 8.65. The highest BCUT2D eigenvalue weighted by molar-refractivity contribution is 6.32. The minimum atomic E-state index is 0.865. The first-order valence-electron chi connectivity index (χ1n) is 6.50. The van der Waals surface area contributed by atoms with E-state index in [1.807, 2.05) is 44.5 Å². The summed E-state index contributed by atoms with van der Waals surface area (Å²) in [6, 6.07) is 12.1. The molecule has 0 N–H and O–H groups in total. The number of hydrogen-bond donors (Lipinski definition) is 0. The Morgan fingerprint density at radius 3 is 2.65 bits per heavy atom. The molecule has 3 aromatic heterocycles. The van der Waals surface area contributed by atoms with Gasteiger partial charge in [0.15, 0.2) is 0 Å². The molecule has 0 aliphatic carbocycles. The lowest BCUT2D eigenvalue weighted by Crippen LogP contribution is -2.01. The topological polar surface area (TPSA) is 38.9 Å². The predicted molar refractivity (Wildman–Crippen MR) is 82.9 cm³/mol. The number of benzene rings is 1. The molecule has 0 aliphatic heterocycles. The van der Waals surface area contributed by atoms with Gasteiger partial charge in [-0.15, -0.1) is 0 Å². The standard InChI is InChI=1S/C16H11BN2O/c17-11-2-3-14(19-8-11)10-1-4-15-12(7-10)13-9-18-6-5-16(13)20-15/h1-9H,17H2. The lowest BCUT2D eigenvalue weighted by Gasteiger charge is -2.01. The highest BCUT2D eigenvalue weighted by Gasteiger charge is 2.08. The summed E-state index contributed by atoms with van der Waals surface area (Å²) in [7, 11) is 2.04. The van der Waals surface area contributed by atoms with Crippen molar-refractivity contribution in [3.8, 4) is 11.3 Å². The number of nitrogens with zero attached hydrogens (tertiary/aromatic N) is 2. The number of hydrogen-bond acceptors (Lipinski definition) is 3. The van der Waals surface area contributed by atoms with Crippen LogP contribution < -0.4 is 5.46 Å². The van der Waals surface area contributed by atoms with Crippen molar-refractivity contribution in [1.82, 2.24) is 9.97 Å². The van der Waals surface area contributed by atoms with E-state index in [1.165, 1.54) is 0 Å². The van der Waals surface area contributed by atoms with Crippen molar-refractivity contribution in [2.24, 2.45) is 0 Å². The first kappa shape index (κ1) is 11.2. The van der Waals surface area contributed by atoms with Crippen LogP contribution in [-0.4, -0.2) is 17.8 Å². The summed E-state index contributed by atoms with van der Waals surface area (Å²) < 4.78 is 5.80. The first-order valence-corrected chi connectivity index (χ1v) is 6.50. The van der Waals surface area contributed by atoms with Crippen molar-refractivity contribution < 1.29 is 4.42 Å². The van der Waals surface area contributed by atoms with Crippen LogP contribution >= 0.6 is 0 Å². The summed E-state index contributed by atoms with van der Waals surface area (Å²) in [5.41, 5.74) is 4.96. The zero-order chi connectivity index (χ0) is 13.5. The normalized spacial score (nSPS) is 11.2. The Kier molecular flexibility index (Phi) is 2.36. The van der Waals surface area contributed by atoms with E-state index in [4.69, 9.17) is 4.42 Å². The Morgan fingerprint density at radius 2 is 1.80 bits per heavy atom. The van der Waals surface area contributed by atoms with Gasteiger partial charge >= 0.3 is 0 Å². The molecule has 94 valence electrons. The van der Waals surface area contributed by atoms with Gasteiger partial charge in [-0.2, -0.15) is 0 Å². The minimum Gasteiger partial charge on any atom is -0.456 e. The van der Waals surface area contributed by atoms with E-state index in [-0.39, 0.29) is 0 Å². The predicted octanol–water partition coefficient (Wildman–Crippen LogP) is 2.30. The molecule has 0 amide bonds. The second-order valence-corrected chi connectivity index (χ2v) is 4.91. The van der Waals surface area contributed by atoms with E-state index in [1.54, 1.807) is 6.20 Å². The highest BCUT2D eigenvalue weighted by atomic mass is 16.3. The first-order chi connectivity index (χ1) is 9.81. The lowest BCUT2D eigenvalue weighted by atomic mass is 9.98. The maximum atomic E-state index is 5.80. The lowest BCUT2D eigenvalue weighted by molar-refractivity contribution is 0.668. The molecule has 0 fully saturated rings. The molecular formula is C16H11BN2O. The Morgan fingerprint density at radius 1 is 0.900 bits per heavy atom. The van der Waals surface area contributed by atoms with Gasteiger partial charge in [0.05, 0.1) is 5.69 Å². The fourth-order valence-corrected chi connectivity index (χ4v) is 2.42. The van der Waals surface area contributed by atoms with E-state index in [0.29, 0.717) is 0 Å². The molecule has 0 aliphatic rings. The SMILES string of the molecule is Bc1ccc(-c2ccc3oc4ccncc4c3c2)nc1. The smallest absolute Gasteiger partial charge is 0.141 e. The maximum Gasteiger partial charge on any atom is 0.141 e. The van der Waals surface area contributed by atoms with Gasteiger partial charge in [0.2, 0.25) is 0 Å². The molecular weight excluding hydrogens is 247 g/mol. The van der Waals surface area contributed by atoms with Crippen molar-refractivity contribution in [2.75, 3.05) is 0 Å². The van der Waals surface area contributed by atoms with Crippen LogP contribution in [0.15, 0.2) is 59.4 Å². The van der Waals surface area contributed by atoms with Crippen LogP contribution in [0, 0.1) is 0 Å². The van der Waals surface area contributed by atoms with E-state index in [2.05, 4.69) is 22.1 Å². The molecule has 4 rings (SSSR count). The van der Waals surface area contributed by atoms with Gasteiger partial charge in [-0.3, -0.25) is 9.97 Å². The zero-order valence-corrected chi connectivity index (χ0v) is 11.0. The summed E-state index contributed by atoms with van der Waals surface area (Å²) in [5, 5.41) is 2.12. The minimum absolute atomic E-state index is 0.865. The van der Waals surface area contributed by atoms with Gasteiger partial charge in [0.1, 0.15) is 19.0 Å². The molecule has 0 radical (unpaired) electrons. The van der Waals surface area contributed by atoms with Crippen LogP contribution in [0.4, 0.5) is 0 Å². The van der Waals surface area contributed by atoms with Crippen molar-refractivity contribution in [3.05, 3.63) is 55.0 Å². The highest BCUT2D eigenvalue weighted by Crippen LogP contribution is 2.30. The molecule has 4 heteroatoms. The van der Waals surface area contributed by atoms with Crippen LogP contribution in [0.1, 0.15) is 0 Å². The van der Waals surface area contributed by atoms with Gasteiger partial charge in [-0.25, -0.2) is 0 Å². The van der Waals surface area contributed by atoms with Crippen LogP contribution in [0.2, 0.25) is 0 Å². The third-order valence-corrected chi connectivity index (χ3v) is 3.48. The van der Waals surface area contributed by atoms with Crippen molar-refractivity contribution >= 4 is 35.2 Å². The van der Waals surface area contributed by atoms with Gasteiger partial charge in [0.25, 0.3) is 0 Å². The Bertz CT molecular complexity index is 913. The molecule has 1 aromatic carbocycles. The second kappa shape index (κ2) is 4.20. The summed E-state index contributed by atoms with van der Waals surface area (Å²) in [6.45, 7) is 0. The van der Waals surface area contributed by atoms with Crippen molar-refractivity contribution in [2.45, 2.75) is 0 Å². The van der Waals surface area contributed by atoms with E-state index < -0.39 is 0 Å². The number of fused-ring (bicyclic) bond motifs is 3. The molecule has 20 heavy (non-hydrogen) atoms. The molecule has 0 unspecified atom stereocenters. The molecule has 0 spiro atoms. The summed E-state index contributed by atoms with van der Waals surface area (Å²) in [5.74, 6) is 0. The molecule has 3 nitrogen and oxygen atoms in total. The third-order valence-electron chi connectivity index (χ3n) is 3.48. The van der Waals surface area contributed by atoms with E-state index >= 15 is 0 Å². The zero-order valence-electron chi connectivity index (χ0n) is 11.0. The Labute approximate surface area is 116 Å². The summed E-state index contributed by atoms with van der Waals surface area (Å²) in [6.07, 6.45) is 5.47. The monoisotopic (exact) mass is 258 g/mol. The largest absolute Gasteiger partial charge is 0.456 e. The van der Waals surface area contributed by atoms with Gasteiger partial charge in [-0.05, 0) is 30.3 Å². The summed E-state index contributed by atoms with van der Waals surface area (Å²) >= 11 is 0. The molecule has 3 heterocycles. The molecule has 0 saturated carbocycles. The average molecular weight is 258 g/mol. The van der Waals surface area contributed by atoms with Crippen LogP contribution in [-0.2, 0) is 0 Å². The number of rotatable bonds is 1. The van der Waals surface area contributed by atoms with Gasteiger partial charge < -0.3 is 4.42 Å². The average Bonchev–Trinajstić information content (AvgIpc) is 2.86. The third kappa shape index (κ3) is 1.69. The Hall–Kier alpha value is -2.62. The molecule has 4 aromatic rings.